The fourth-order valence-corrected chi connectivity index (χ4v) is 2.12. The van der Waals surface area contributed by atoms with E-state index < -0.39 is 0 Å². The van der Waals surface area contributed by atoms with Crippen LogP contribution < -0.4 is 15.4 Å². The number of hydrogen-bond donors (Lipinski definition) is 2. The zero-order valence-electron chi connectivity index (χ0n) is 13.5. The topological polar surface area (TPSA) is 76.1 Å². The number of benzene rings is 1. The molecular weight excluding hydrogens is 292 g/mol. The first-order valence-corrected chi connectivity index (χ1v) is 7.71. The van der Waals surface area contributed by atoms with Gasteiger partial charge in [-0.25, -0.2) is 9.97 Å². The van der Waals surface area contributed by atoms with Gasteiger partial charge in [-0.15, -0.1) is 0 Å². The zero-order valence-corrected chi connectivity index (χ0v) is 13.5. The van der Waals surface area contributed by atoms with Gasteiger partial charge in [0.05, 0.1) is 7.11 Å². The Kier molecular flexibility index (Phi) is 6.35. The lowest BCUT2D eigenvalue weighted by molar-refractivity contribution is 0.0948. The van der Waals surface area contributed by atoms with Crippen LogP contribution in [0.3, 0.4) is 0 Å². The molecule has 0 atom stereocenters. The van der Waals surface area contributed by atoms with Gasteiger partial charge in [0.25, 0.3) is 5.91 Å². The van der Waals surface area contributed by atoms with Gasteiger partial charge in [0.1, 0.15) is 11.4 Å². The third kappa shape index (κ3) is 4.95. The summed E-state index contributed by atoms with van der Waals surface area (Å²) in [6.07, 6.45) is 3.25. The largest absolute Gasteiger partial charge is 0.496 e. The van der Waals surface area contributed by atoms with Crippen LogP contribution in [0.5, 0.6) is 5.75 Å². The van der Waals surface area contributed by atoms with Crippen molar-refractivity contribution < 1.29 is 9.53 Å². The van der Waals surface area contributed by atoms with E-state index in [1.165, 1.54) is 0 Å². The van der Waals surface area contributed by atoms with E-state index in [2.05, 4.69) is 20.6 Å². The number of ether oxygens (including phenoxy) is 1. The van der Waals surface area contributed by atoms with Crippen LogP contribution in [0.1, 0.15) is 29.4 Å². The van der Waals surface area contributed by atoms with E-state index in [-0.39, 0.29) is 5.91 Å². The van der Waals surface area contributed by atoms with Crippen LogP contribution in [0, 0.1) is 0 Å². The number of aromatic nitrogens is 2. The Morgan fingerprint density at radius 2 is 2.04 bits per heavy atom. The van der Waals surface area contributed by atoms with Gasteiger partial charge in [0, 0.05) is 19.3 Å². The molecule has 1 aromatic heterocycles. The first-order valence-electron chi connectivity index (χ1n) is 7.71. The second-order valence-corrected chi connectivity index (χ2v) is 5.01. The number of para-hydroxylation sites is 1. The summed E-state index contributed by atoms with van der Waals surface area (Å²) >= 11 is 0. The molecule has 0 aliphatic heterocycles. The molecule has 2 rings (SSSR count). The van der Waals surface area contributed by atoms with Crippen molar-refractivity contribution in [3.8, 4) is 5.75 Å². The number of rotatable bonds is 8. The lowest BCUT2D eigenvalue weighted by Gasteiger charge is -2.09. The third-order valence-electron chi connectivity index (χ3n) is 3.29. The molecule has 0 saturated carbocycles. The molecule has 6 heteroatoms. The number of anilines is 1. The third-order valence-corrected chi connectivity index (χ3v) is 3.29. The van der Waals surface area contributed by atoms with Crippen molar-refractivity contribution in [1.29, 1.82) is 0 Å². The minimum atomic E-state index is -0.179. The molecule has 6 nitrogen and oxygen atoms in total. The highest BCUT2D eigenvalue weighted by atomic mass is 16.5. The summed E-state index contributed by atoms with van der Waals surface area (Å²) in [5, 5.41) is 5.94. The Balaban J connectivity index is 1.92. The van der Waals surface area contributed by atoms with Crippen molar-refractivity contribution >= 4 is 11.9 Å². The second kappa shape index (κ2) is 8.73. The van der Waals surface area contributed by atoms with E-state index in [9.17, 15) is 4.79 Å². The smallest absolute Gasteiger partial charge is 0.270 e. The lowest BCUT2D eigenvalue weighted by Crippen LogP contribution is -2.25. The molecule has 0 aliphatic rings. The number of nitrogens with zero attached hydrogens (tertiary/aromatic N) is 2. The summed E-state index contributed by atoms with van der Waals surface area (Å²) in [4.78, 5) is 20.3. The van der Waals surface area contributed by atoms with Crippen LogP contribution in [0.4, 0.5) is 5.95 Å². The summed E-state index contributed by atoms with van der Waals surface area (Å²) in [6, 6.07) is 9.49. The first kappa shape index (κ1) is 16.7. The van der Waals surface area contributed by atoms with E-state index in [1.807, 2.05) is 31.2 Å². The van der Waals surface area contributed by atoms with Gasteiger partial charge >= 0.3 is 0 Å². The van der Waals surface area contributed by atoms with E-state index >= 15 is 0 Å². The van der Waals surface area contributed by atoms with Crippen molar-refractivity contribution in [2.75, 3.05) is 25.5 Å². The summed E-state index contributed by atoms with van der Waals surface area (Å²) in [5.41, 5.74) is 1.48. The predicted octanol–water partition coefficient (Wildman–Crippen LogP) is 2.28. The van der Waals surface area contributed by atoms with Crippen molar-refractivity contribution in [3.63, 3.8) is 0 Å². The molecule has 0 fully saturated rings. The molecular formula is C17H22N4O2. The Morgan fingerprint density at radius 3 is 2.83 bits per heavy atom. The quantitative estimate of drug-likeness (QED) is 0.782. The first-order chi connectivity index (χ1) is 11.2. The van der Waals surface area contributed by atoms with Gasteiger partial charge in [0.2, 0.25) is 5.95 Å². The fraction of sp³-hybridized carbons (Fsp3) is 0.353. The maximum absolute atomic E-state index is 11.9. The number of hydrogen-bond acceptors (Lipinski definition) is 5. The van der Waals surface area contributed by atoms with Crippen molar-refractivity contribution in [1.82, 2.24) is 15.3 Å². The molecule has 0 bridgehead atoms. The van der Waals surface area contributed by atoms with Gasteiger partial charge in [-0.1, -0.05) is 25.1 Å². The second-order valence-electron chi connectivity index (χ2n) is 5.01. The SMILES string of the molecule is CCCNC(=O)c1ccnc(NCCc2ccccc2OC)n1. The van der Waals surface area contributed by atoms with E-state index in [1.54, 1.807) is 19.4 Å². The van der Waals surface area contributed by atoms with E-state index in [4.69, 9.17) is 4.74 Å². The Bertz CT molecular complexity index is 646. The standard InChI is InChI=1S/C17H22N4O2/c1-3-10-18-16(22)14-9-12-20-17(21-14)19-11-8-13-6-4-5-7-15(13)23-2/h4-7,9,12H,3,8,10-11H2,1-2H3,(H,18,22)(H,19,20,21). The Morgan fingerprint density at radius 1 is 1.22 bits per heavy atom. The predicted molar refractivity (Wildman–Crippen MR) is 89.8 cm³/mol. The van der Waals surface area contributed by atoms with Gasteiger partial charge in [-0.3, -0.25) is 4.79 Å². The molecule has 1 aromatic carbocycles. The van der Waals surface area contributed by atoms with Crippen LogP contribution in [-0.2, 0) is 6.42 Å². The number of carbonyl (C=O) groups excluding carboxylic acids is 1. The molecule has 1 amide bonds. The normalized spacial score (nSPS) is 10.2. The summed E-state index contributed by atoms with van der Waals surface area (Å²) in [5.74, 6) is 1.13. The minimum Gasteiger partial charge on any atom is -0.496 e. The molecule has 2 N–H and O–H groups in total. The van der Waals surface area contributed by atoms with E-state index in [0.29, 0.717) is 24.7 Å². The van der Waals surface area contributed by atoms with Gasteiger partial charge < -0.3 is 15.4 Å². The summed E-state index contributed by atoms with van der Waals surface area (Å²) in [7, 11) is 1.66. The molecule has 0 saturated heterocycles. The van der Waals surface area contributed by atoms with Gasteiger partial charge in [-0.05, 0) is 30.5 Å². The highest BCUT2D eigenvalue weighted by Crippen LogP contribution is 2.17. The molecule has 1 heterocycles. The monoisotopic (exact) mass is 314 g/mol. The molecule has 0 unspecified atom stereocenters. The maximum atomic E-state index is 11.9. The van der Waals surface area contributed by atoms with Crippen LogP contribution in [0.15, 0.2) is 36.5 Å². The highest BCUT2D eigenvalue weighted by Gasteiger charge is 2.08. The number of methoxy groups -OCH3 is 1. The van der Waals surface area contributed by atoms with Gasteiger partial charge in [-0.2, -0.15) is 0 Å². The minimum absolute atomic E-state index is 0.179. The molecule has 23 heavy (non-hydrogen) atoms. The maximum Gasteiger partial charge on any atom is 0.270 e. The molecule has 0 aliphatic carbocycles. The Hall–Kier alpha value is -2.63. The zero-order chi connectivity index (χ0) is 16.5. The van der Waals surface area contributed by atoms with Crippen LogP contribution in [0.25, 0.3) is 0 Å². The molecule has 0 spiro atoms. The molecule has 122 valence electrons. The highest BCUT2D eigenvalue weighted by molar-refractivity contribution is 5.92. The average Bonchev–Trinajstić information content (AvgIpc) is 2.60. The average molecular weight is 314 g/mol. The molecule has 2 aromatic rings. The van der Waals surface area contributed by atoms with Crippen LogP contribution >= 0.6 is 0 Å². The van der Waals surface area contributed by atoms with Crippen LogP contribution in [-0.4, -0.2) is 36.1 Å². The van der Waals surface area contributed by atoms with Gasteiger partial charge in [0.15, 0.2) is 0 Å². The van der Waals surface area contributed by atoms with Crippen molar-refractivity contribution in [2.24, 2.45) is 0 Å². The van der Waals surface area contributed by atoms with E-state index in [0.717, 1.165) is 24.2 Å². The number of carbonyl (C=O) groups is 1. The number of nitrogens with one attached hydrogen (secondary N) is 2. The number of amides is 1. The van der Waals surface area contributed by atoms with Crippen molar-refractivity contribution in [3.05, 3.63) is 47.8 Å². The Labute approximate surface area is 136 Å². The summed E-state index contributed by atoms with van der Waals surface area (Å²) in [6.45, 7) is 3.30. The van der Waals surface area contributed by atoms with Crippen LogP contribution in [0.2, 0.25) is 0 Å². The van der Waals surface area contributed by atoms with Crippen molar-refractivity contribution in [2.45, 2.75) is 19.8 Å². The lowest BCUT2D eigenvalue weighted by atomic mass is 10.1. The fourth-order valence-electron chi connectivity index (χ4n) is 2.12. The molecule has 0 radical (unpaired) electrons. The summed E-state index contributed by atoms with van der Waals surface area (Å²) < 4.78 is 5.32.